The minimum Gasteiger partial charge on any atom is -0.462 e. The maximum Gasteiger partial charge on any atom is 0.426 e. The molecule has 6 atom stereocenters. The van der Waals surface area contributed by atoms with Crippen LogP contribution in [0.25, 0.3) is 0 Å². The first kappa shape index (κ1) is 59.5. The van der Waals surface area contributed by atoms with Crippen molar-refractivity contribution >= 4 is 5.97 Å². The Hall–Kier alpha value is -2.62. The van der Waals surface area contributed by atoms with Gasteiger partial charge >= 0.3 is 61.6 Å². The van der Waals surface area contributed by atoms with Crippen LogP contribution in [0, 0.1) is 29.1 Å². The van der Waals surface area contributed by atoms with Crippen LogP contribution in [0.4, 0.5) is 119 Å². The predicted molar refractivity (Wildman–Crippen MR) is 158 cm³/mol. The van der Waals surface area contributed by atoms with E-state index in [0.717, 1.165) is 0 Å². The van der Waals surface area contributed by atoms with Gasteiger partial charge in [-0.15, -0.1) is 0 Å². The van der Waals surface area contributed by atoms with Gasteiger partial charge in [0.15, 0.2) is 5.41 Å². The molecule has 0 spiro atoms. The van der Waals surface area contributed by atoms with Crippen molar-refractivity contribution in [3.63, 3.8) is 0 Å². The highest BCUT2D eigenvalue weighted by Gasteiger charge is 2.80. The van der Waals surface area contributed by atoms with Crippen LogP contribution in [-0.2, 0) is 14.3 Å². The number of ether oxygens (including phenoxy) is 2. The van der Waals surface area contributed by atoms with E-state index in [1.54, 1.807) is 0 Å². The Kier molecular flexibility index (Phi) is 15.9. The molecule has 0 aliphatic heterocycles. The van der Waals surface area contributed by atoms with Crippen molar-refractivity contribution in [3.05, 3.63) is 0 Å². The van der Waals surface area contributed by atoms with Crippen molar-refractivity contribution in [2.45, 2.75) is 162 Å². The molecule has 2 aliphatic rings. The molecule has 0 aromatic carbocycles. The molecule has 0 aromatic heterocycles. The van der Waals surface area contributed by atoms with Gasteiger partial charge in [0.1, 0.15) is 6.10 Å². The molecule has 0 amide bonds. The molecule has 0 radical (unpaired) electrons. The van der Waals surface area contributed by atoms with Crippen LogP contribution in [0.1, 0.15) is 65.2 Å². The monoisotopic (exact) mass is 1040 g/mol. The Morgan fingerprint density at radius 3 is 0.848 bits per heavy atom. The first-order valence-electron chi connectivity index (χ1n) is 18.1. The van der Waals surface area contributed by atoms with Gasteiger partial charge in [-0.3, -0.25) is 4.79 Å². The first-order valence-corrected chi connectivity index (χ1v) is 18.1. The van der Waals surface area contributed by atoms with Crippen molar-refractivity contribution in [1.82, 2.24) is 0 Å². The molecule has 392 valence electrons. The Labute approximate surface area is 350 Å². The number of rotatable bonds is 11. The summed E-state index contributed by atoms with van der Waals surface area (Å²) in [5, 5.41) is 39.5. The maximum absolute atomic E-state index is 14.8. The van der Waals surface area contributed by atoms with Gasteiger partial charge in [0.2, 0.25) is 0 Å². The molecule has 2 saturated carbocycles. The normalized spacial score (nSPS) is 26.2. The van der Waals surface area contributed by atoms with Crippen molar-refractivity contribution < 1.29 is 153 Å². The lowest BCUT2D eigenvalue weighted by molar-refractivity contribution is -0.407. The second-order valence-corrected chi connectivity index (χ2v) is 16.0. The van der Waals surface area contributed by atoms with Gasteiger partial charge < -0.3 is 29.9 Å². The van der Waals surface area contributed by atoms with Crippen LogP contribution in [0.2, 0.25) is 0 Å². The average molecular weight is 1040 g/mol. The number of aliphatic hydroxyl groups is 4. The van der Waals surface area contributed by atoms with E-state index >= 15 is 0 Å². The van der Waals surface area contributed by atoms with Crippen LogP contribution < -0.4 is 0 Å². The lowest BCUT2D eigenvalue weighted by Gasteiger charge is -2.49. The maximum atomic E-state index is 14.8. The Bertz CT molecular complexity index is 1520. The van der Waals surface area contributed by atoms with Crippen LogP contribution >= 0.6 is 0 Å². The molecule has 2 aliphatic carbocycles. The summed E-state index contributed by atoms with van der Waals surface area (Å²) < 4.78 is 385. The second kappa shape index (κ2) is 17.7. The van der Waals surface area contributed by atoms with Gasteiger partial charge in [-0.25, -0.2) is 0 Å². The third-order valence-electron chi connectivity index (χ3n) is 12.0. The molecular weight excluding hydrogens is 1010 g/mol. The quantitative estimate of drug-likeness (QED) is 0.120. The summed E-state index contributed by atoms with van der Waals surface area (Å²) in [4.78, 5) is 13.4. The number of carbonyl (C=O) groups is 1. The van der Waals surface area contributed by atoms with E-state index in [-0.39, 0.29) is 13.8 Å². The Balaban J connectivity index is 2.79. The Morgan fingerprint density at radius 1 is 0.424 bits per heavy atom. The van der Waals surface area contributed by atoms with Crippen LogP contribution in [0.5, 0.6) is 0 Å². The molecule has 34 heteroatoms. The average Bonchev–Trinajstić information content (AvgIpc) is 3.07. The second-order valence-electron chi connectivity index (χ2n) is 16.0. The zero-order chi connectivity index (χ0) is 52.7. The Morgan fingerprint density at radius 2 is 0.652 bits per heavy atom. The summed E-state index contributed by atoms with van der Waals surface area (Å²) in [5.41, 5.74) is -29.8. The van der Waals surface area contributed by atoms with Gasteiger partial charge in [0.05, 0.1) is 12.2 Å². The number of hydrogen-bond acceptors (Lipinski definition) is 7. The van der Waals surface area contributed by atoms with Crippen molar-refractivity contribution in [2.24, 2.45) is 29.1 Å². The molecule has 0 bridgehead atoms. The van der Waals surface area contributed by atoms with Crippen molar-refractivity contribution in [2.75, 3.05) is 0 Å². The summed E-state index contributed by atoms with van der Waals surface area (Å²) >= 11 is 0. The van der Waals surface area contributed by atoms with E-state index in [1.807, 2.05) is 0 Å². The minimum atomic E-state index is -7.12. The molecule has 4 N–H and O–H groups in total. The smallest absolute Gasteiger partial charge is 0.426 e. The van der Waals surface area contributed by atoms with Crippen LogP contribution in [0.15, 0.2) is 0 Å². The predicted octanol–water partition coefficient (Wildman–Crippen LogP) is 10.3. The molecular formula is C32H33F27O7. The third-order valence-corrected chi connectivity index (χ3v) is 12.0. The van der Waals surface area contributed by atoms with E-state index in [1.165, 1.54) is 0 Å². The summed E-state index contributed by atoms with van der Waals surface area (Å²) in [6.07, 6.45) is -91.0. The van der Waals surface area contributed by atoms with Gasteiger partial charge in [0.25, 0.3) is 22.4 Å². The van der Waals surface area contributed by atoms with Gasteiger partial charge in [-0.05, 0) is 58.3 Å². The molecule has 7 nitrogen and oxygen atoms in total. The SMILES string of the molecule is CCC(CC(C)OC1CC(C(O)(C(F)(F)F)C(F)(F)F)CC(C(O)(C(F)(F)F)C(F)(F)F)C1)(C(=O)OC1CC(C(O)(C(F)(F)F)C(F)(F)F)CC(C(O)(C(F)(F)F)C(F)(F)F)C1)C(F)(F)F. The first-order chi connectivity index (χ1) is 28.7. The number of halogens is 27. The van der Waals surface area contributed by atoms with Crippen LogP contribution in [-0.4, -0.2) is 123 Å². The van der Waals surface area contributed by atoms with E-state index in [0.29, 0.717) is 0 Å². The fourth-order valence-electron chi connectivity index (χ4n) is 8.54. The van der Waals surface area contributed by atoms with Crippen molar-refractivity contribution in [3.8, 4) is 0 Å². The summed E-state index contributed by atoms with van der Waals surface area (Å²) in [6.45, 7) is 0.478. The summed E-state index contributed by atoms with van der Waals surface area (Å²) in [5.74, 6) is -19.2. The fraction of sp³-hybridized carbons (Fsp3) is 0.969. The zero-order valence-corrected chi connectivity index (χ0v) is 32.4. The van der Waals surface area contributed by atoms with Gasteiger partial charge in [-0.1, -0.05) is 6.92 Å². The lowest BCUT2D eigenvalue weighted by atomic mass is 9.65. The number of alkyl halides is 27. The van der Waals surface area contributed by atoms with E-state index in [4.69, 9.17) is 4.74 Å². The summed E-state index contributed by atoms with van der Waals surface area (Å²) in [7, 11) is 0. The molecule has 2 rings (SSSR count). The molecule has 0 aromatic rings. The van der Waals surface area contributed by atoms with E-state index < -0.39 is 183 Å². The fourth-order valence-corrected chi connectivity index (χ4v) is 8.54. The van der Waals surface area contributed by atoms with Gasteiger partial charge in [0, 0.05) is 23.7 Å². The van der Waals surface area contributed by atoms with E-state index in [9.17, 15) is 144 Å². The minimum absolute atomic E-state index is 0.202. The van der Waals surface area contributed by atoms with Gasteiger partial charge in [-0.2, -0.15) is 119 Å². The largest absolute Gasteiger partial charge is 0.462 e. The topological polar surface area (TPSA) is 116 Å². The third kappa shape index (κ3) is 10.2. The lowest BCUT2D eigenvalue weighted by Crippen LogP contribution is -2.67. The number of hydrogen-bond donors (Lipinski definition) is 4. The number of carbonyl (C=O) groups excluding carboxylic acids is 1. The van der Waals surface area contributed by atoms with Crippen LogP contribution in [0.3, 0.4) is 0 Å². The highest BCUT2D eigenvalue weighted by Crippen LogP contribution is 2.61. The molecule has 66 heavy (non-hydrogen) atoms. The van der Waals surface area contributed by atoms with Crippen molar-refractivity contribution in [1.29, 1.82) is 0 Å². The molecule has 2 fully saturated rings. The molecule has 0 heterocycles. The molecule has 0 saturated heterocycles. The standard InChI is InChI=1S/C32H33F27O7/c1-3-19(24(33,34)35,18(60)66-17-8-14(22(63,29(48,49)50)30(51,52)53)5-15(9-17)23(64,31(54,55)56)32(57,58)59)10-11(2)65-16-6-12(20(61,25(36,37)38)26(39,40)41)4-13(7-16)21(62,27(42,43)44)28(45,46)47/h11-17,61-64H,3-10H2,1-2H3. The highest BCUT2D eigenvalue weighted by atomic mass is 19.5. The summed E-state index contributed by atoms with van der Waals surface area (Å²) in [6, 6.07) is 0. The number of esters is 1. The zero-order valence-electron chi connectivity index (χ0n) is 32.4. The molecule has 6 unspecified atom stereocenters. The highest BCUT2D eigenvalue weighted by molar-refractivity contribution is 5.78. The van der Waals surface area contributed by atoms with E-state index in [2.05, 4.69) is 4.74 Å².